The molecule has 4 aromatic carbocycles. The highest BCUT2D eigenvalue weighted by molar-refractivity contribution is 7.93. The molecular weight excluding hydrogens is 444 g/mol. The summed E-state index contributed by atoms with van der Waals surface area (Å²) in [6.45, 7) is 3.72. The van der Waals surface area contributed by atoms with E-state index in [9.17, 15) is 16.8 Å². The van der Waals surface area contributed by atoms with Crippen molar-refractivity contribution in [3.05, 3.63) is 96.1 Å². The SMILES string of the molecule is Cc1cccc(NS(=O)(=O)c2cc(S(=O)(=O)Nc3cccc(C)c3)c3ccccc3c2)c1. The van der Waals surface area contributed by atoms with Crippen molar-refractivity contribution in [2.24, 2.45) is 0 Å². The second-order valence-electron chi connectivity index (χ2n) is 7.59. The number of benzene rings is 4. The summed E-state index contributed by atoms with van der Waals surface area (Å²) in [7, 11) is -8.09. The highest BCUT2D eigenvalue weighted by Gasteiger charge is 2.23. The number of fused-ring (bicyclic) bond motifs is 1. The van der Waals surface area contributed by atoms with Crippen molar-refractivity contribution in [3.8, 4) is 0 Å². The zero-order chi connectivity index (χ0) is 22.9. The summed E-state index contributed by atoms with van der Waals surface area (Å²) in [5.41, 5.74) is 2.60. The fourth-order valence-corrected chi connectivity index (χ4v) is 5.96. The predicted molar refractivity (Wildman–Crippen MR) is 128 cm³/mol. The molecule has 0 aliphatic carbocycles. The Morgan fingerprint density at radius 2 is 1.16 bits per heavy atom. The van der Waals surface area contributed by atoms with E-state index in [1.54, 1.807) is 60.7 Å². The molecule has 8 heteroatoms. The minimum Gasteiger partial charge on any atom is -0.280 e. The second kappa shape index (κ2) is 8.29. The van der Waals surface area contributed by atoms with Crippen LogP contribution in [0.15, 0.2) is 94.7 Å². The van der Waals surface area contributed by atoms with E-state index in [0.29, 0.717) is 22.1 Å². The second-order valence-corrected chi connectivity index (χ2v) is 10.9. The third-order valence-electron chi connectivity index (χ3n) is 4.94. The van der Waals surface area contributed by atoms with Crippen LogP contribution in [0.3, 0.4) is 0 Å². The van der Waals surface area contributed by atoms with Crippen molar-refractivity contribution in [2.75, 3.05) is 9.44 Å². The maximum absolute atomic E-state index is 13.3. The third-order valence-corrected chi connectivity index (χ3v) is 7.72. The standard InChI is InChI=1S/C24H22N2O4S2/c1-17-7-5-10-20(13-17)25-31(27,28)22-15-19-9-3-4-12-23(19)24(16-22)32(29,30)26-21-11-6-8-18(2)14-21/h3-16,25-26H,1-2H3. The average molecular weight is 467 g/mol. The Balaban J connectivity index is 1.83. The van der Waals surface area contributed by atoms with E-state index in [-0.39, 0.29) is 9.79 Å². The lowest BCUT2D eigenvalue weighted by atomic mass is 10.1. The van der Waals surface area contributed by atoms with Crippen LogP contribution in [0.4, 0.5) is 11.4 Å². The van der Waals surface area contributed by atoms with Crippen LogP contribution >= 0.6 is 0 Å². The molecule has 0 radical (unpaired) electrons. The molecule has 0 fully saturated rings. The van der Waals surface area contributed by atoms with Crippen LogP contribution in [0.2, 0.25) is 0 Å². The summed E-state index contributed by atoms with van der Waals surface area (Å²) in [5, 5.41) is 0.936. The van der Waals surface area contributed by atoms with Gasteiger partial charge in [-0.1, -0.05) is 48.5 Å². The lowest BCUT2D eigenvalue weighted by Gasteiger charge is -2.14. The minimum atomic E-state index is -4.06. The number of rotatable bonds is 6. The van der Waals surface area contributed by atoms with E-state index in [0.717, 1.165) is 11.1 Å². The third kappa shape index (κ3) is 4.61. The van der Waals surface area contributed by atoms with Crippen LogP contribution in [0, 0.1) is 13.8 Å². The van der Waals surface area contributed by atoms with Gasteiger partial charge in [-0.2, -0.15) is 0 Å². The number of sulfonamides is 2. The number of hydrogen-bond acceptors (Lipinski definition) is 4. The molecule has 0 unspecified atom stereocenters. The van der Waals surface area contributed by atoms with E-state index in [1.165, 1.54) is 12.1 Å². The van der Waals surface area contributed by atoms with Crippen LogP contribution in [-0.2, 0) is 20.0 Å². The number of aryl methyl sites for hydroxylation is 2. The topological polar surface area (TPSA) is 92.3 Å². The zero-order valence-corrected chi connectivity index (χ0v) is 19.2. The van der Waals surface area contributed by atoms with Gasteiger partial charge in [0.15, 0.2) is 0 Å². The Morgan fingerprint density at radius 3 is 1.75 bits per heavy atom. The molecule has 4 rings (SSSR count). The molecule has 164 valence electrons. The summed E-state index contributed by atoms with van der Waals surface area (Å²) in [6.07, 6.45) is 0. The molecule has 0 aromatic heterocycles. The smallest absolute Gasteiger partial charge is 0.262 e. The van der Waals surface area contributed by atoms with Crippen molar-refractivity contribution in [1.82, 2.24) is 0 Å². The van der Waals surface area contributed by atoms with Gasteiger partial charge in [0.2, 0.25) is 0 Å². The number of anilines is 2. The first-order chi connectivity index (χ1) is 15.1. The molecule has 4 aromatic rings. The molecular formula is C24H22N2O4S2. The number of nitrogens with one attached hydrogen (secondary N) is 2. The van der Waals surface area contributed by atoms with Crippen molar-refractivity contribution in [2.45, 2.75) is 23.6 Å². The van der Waals surface area contributed by atoms with Gasteiger partial charge in [-0.05, 0) is 66.8 Å². The van der Waals surface area contributed by atoms with Gasteiger partial charge >= 0.3 is 0 Å². The van der Waals surface area contributed by atoms with Crippen LogP contribution in [0.5, 0.6) is 0 Å². The van der Waals surface area contributed by atoms with Crippen LogP contribution in [0.25, 0.3) is 10.8 Å². The molecule has 0 aliphatic rings. The predicted octanol–water partition coefficient (Wildman–Crippen LogP) is 5.06. The van der Waals surface area contributed by atoms with Gasteiger partial charge in [-0.15, -0.1) is 0 Å². The Bertz CT molecular complexity index is 1530. The van der Waals surface area contributed by atoms with Gasteiger partial charge in [0, 0.05) is 16.8 Å². The maximum Gasteiger partial charge on any atom is 0.262 e. The van der Waals surface area contributed by atoms with Crippen molar-refractivity contribution < 1.29 is 16.8 Å². The quantitative estimate of drug-likeness (QED) is 0.416. The summed E-state index contributed by atoms with van der Waals surface area (Å²) in [6, 6.07) is 23.4. The summed E-state index contributed by atoms with van der Waals surface area (Å²) in [5.74, 6) is 0. The first-order valence-electron chi connectivity index (χ1n) is 9.86. The first-order valence-corrected chi connectivity index (χ1v) is 12.8. The summed E-state index contributed by atoms with van der Waals surface area (Å²) in [4.78, 5) is -0.246. The minimum absolute atomic E-state index is 0.110. The molecule has 6 nitrogen and oxygen atoms in total. The Morgan fingerprint density at radius 1 is 0.594 bits per heavy atom. The van der Waals surface area contributed by atoms with E-state index in [1.807, 2.05) is 26.0 Å². The van der Waals surface area contributed by atoms with E-state index >= 15 is 0 Å². The van der Waals surface area contributed by atoms with E-state index < -0.39 is 20.0 Å². The van der Waals surface area contributed by atoms with Gasteiger partial charge in [0.25, 0.3) is 20.0 Å². The molecule has 0 saturated carbocycles. The van der Waals surface area contributed by atoms with E-state index in [2.05, 4.69) is 9.44 Å². The Kier molecular flexibility index (Phi) is 5.66. The fraction of sp³-hybridized carbons (Fsp3) is 0.0833. The maximum atomic E-state index is 13.3. The lowest BCUT2D eigenvalue weighted by Crippen LogP contribution is -2.17. The van der Waals surface area contributed by atoms with E-state index in [4.69, 9.17) is 0 Å². The summed E-state index contributed by atoms with van der Waals surface area (Å²) >= 11 is 0. The highest BCUT2D eigenvalue weighted by atomic mass is 32.2. The van der Waals surface area contributed by atoms with Gasteiger partial charge in [0.1, 0.15) is 0 Å². The van der Waals surface area contributed by atoms with Crippen LogP contribution in [0.1, 0.15) is 11.1 Å². The monoisotopic (exact) mass is 466 g/mol. The fourth-order valence-electron chi connectivity index (χ4n) is 3.47. The van der Waals surface area contributed by atoms with Gasteiger partial charge in [-0.25, -0.2) is 16.8 Å². The Hall–Kier alpha value is -3.36. The lowest BCUT2D eigenvalue weighted by molar-refractivity contribution is 0.600. The normalized spacial score (nSPS) is 11.9. The van der Waals surface area contributed by atoms with Crippen molar-refractivity contribution in [3.63, 3.8) is 0 Å². The number of hydrogen-bond donors (Lipinski definition) is 2. The van der Waals surface area contributed by atoms with Gasteiger partial charge in [0.05, 0.1) is 9.79 Å². The Labute approximate surface area is 188 Å². The molecule has 32 heavy (non-hydrogen) atoms. The van der Waals surface area contributed by atoms with Gasteiger partial charge in [-0.3, -0.25) is 9.44 Å². The zero-order valence-electron chi connectivity index (χ0n) is 17.5. The van der Waals surface area contributed by atoms with Crippen LogP contribution < -0.4 is 9.44 Å². The van der Waals surface area contributed by atoms with Gasteiger partial charge < -0.3 is 0 Å². The molecule has 0 spiro atoms. The molecule has 2 N–H and O–H groups in total. The molecule has 0 aliphatic heterocycles. The first kappa shape index (κ1) is 21.9. The largest absolute Gasteiger partial charge is 0.280 e. The highest BCUT2D eigenvalue weighted by Crippen LogP contribution is 2.30. The molecule has 0 atom stereocenters. The molecule has 0 bridgehead atoms. The van der Waals surface area contributed by atoms with Crippen molar-refractivity contribution in [1.29, 1.82) is 0 Å². The van der Waals surface area contributed by atoms with Crippen molar-refractivity contribution >= 4 is 42.2 Å². The van der Waals surface area contributed by atoms with Crippen LogP contribution in [-0.4, -0.2) is 16.8 Å². The average Bonchev–Trinajstić information content (AvgIpc) is 2.72. The summed E-state index contributed by atoms with van der Waals surface area (Å²) < 4.78 is 57.9. The molecule has 0 saturated heterocycles. The molecule has 0 amide bonds. The molecule has 0 heterocycles.